The van der Waals surface area contributed by atoms with Gasteiger partial charge in [-0.05, 0) is 98.5 Å². The van der Waals surface area contributed by atoms with Gasteiger partial charge in [-0.2, -0.15) is 0 Å². The molecule has 0 aliphatic rings. The summed E-state index contributed by atoms with van der Waals surface area (Å²) in [5, 5.41) is 3.59. The summed E-state index contributed by atoms with van der Waals surface area (Å²) in [7, 11) is 3.36. The minimum Gasteiger partial charge on any atom is -0.382 e. The van der Waals surface area contributed by atoms with Crippen LogP contribution in [0.4, 0.5) is 0 Å². The van der Waals surface area contributed by atoms with Crippen LogP contribution in [0.25, 0.3) is 73.2 Å². The Hall–Kier alpha value is -3.08. The molecule has 0 radical (unpaired) electrons. The normalized spacial score (nSPS) is 12.0. The first-order valence-corrected chi connectivity index (χ1v) is 29.1. The number of aryl methyl sites for hydroxylation is 2. The molecule has 0 aliphatic carbocycles. The quantitative estimate of drug-likeness (QED) is 0.0392. The highest BCUT2D eigenvalue weighted by Crippen LogP contribution is 2.47. The van der Waals surface area contributed by atoms with Crippen LogP contribution in [0, 0.1) is 0 Å². The molecule has 70 heavy (non-hydrogen) atoms. The summed E-state index contributed by atoms with van der Waals surface area (Å²) in [6, 6.07) is 27.0. The van der Waals surface area contributed by atoms with Crippen LogP contribution < -0.4 is 0 Å². The predicted octanol–water partition coefficient (Wildman–Crippen LogP) is 16.6. The van der Waals surface area contributed by atoms with Crippen molar-refractivity contribution in [2.45, 2.75) is 91.1 Å². The van der Waals surface area contributed by atoms with Gasteiger partial charge in [-0.3, -0.25) is 0 Å². The SMILES string of the molecule is CCCCCCc1ccc(-c2ccc(-c3cc4c(cc3Cl)c3c(c5cc(Cl)c(-c6ccc(-c7ccc(CCCCCC)s7)s6)cc5n3CCOCCOCCOC)n4CCOCCOCCOC)s2)s1. The Balaban J connectivity index is 1.17. The maximum Gasteiger partial charge on any atom is 0.0755 e. The molecular weight excluding hydrogens is 996 g/mol. The van der Waals surface area contributed by atoms with E-state index in [4.69, 9.17) is 51.6 Å². The van der Waals surface area contributed by atoms with E-state index in [1.54, 1.807) is 36.9 Å². The Labute approximate surface area is 440 Å². The highest BCUT2D eigenvalue weighted by atomic mass is 35.5. The third-order valence-corrected chi connectivity index (χ3v) is 18.2. The molecule has 14 heteroatoms. The summed E-state index contributed by atoms with van der Waals surface area (Å²) in [5.74, 6) is 0. The van der Waals surface area contributed by atoms with Crippen LogP contribution in [0.3, 0.4) is 0 Å². The Kier molecular flexibility index (Phi) is 20.7. The molecule has 0 spiro atoms. The van der Waals surface area contributed by atoms with Crippen LogP contribution in [0.5, 0.6) is 0 Å². The van der Waals surface area contributed by atoms with E-state index in [9.17, 15) is 0 Å². The number of rotatable bonds is 32. The summed E-state index contributed by atoms with van der Waals surface area (Å²) >= 11 is 22.3. The fourth-order valence-electron chi connectivity index (χ4n) is 9.05. The molecule has 0 unspecified atom stereocenters. The molecule has 8 rings (SSSR count). The molecule has 0 saturated heterocycles. The van der Waals surface area contributed by atoms with Crippen molar-refractivity contribution in [2.24, 2.45) is 0 Å². The maximum absolute atomic E-state index is 7.44. The number of hydrogen-bond acceptors (Lipinski definition) is 10. The zero-order valence-corrected chi connectivity index (χ0v) is 46.0. The molecular formula is C56H68Cl2N2O6S4. The molecule has 0 fully saturated rings. The van der Waals surface area contributed by atoms with Crippen LogP contribution >= 0.6 is 68.5 Å². The van der Waals surface area contributed by atoms with Gasteiger partial charge in [-0.1, -0.05) is 75.6 Å². The van der Waals surface area contributed by atoms with Gasteiger partial charge in [-0.15, -0.1) is 45.3 Å². The average molecular weight is 1060 g/mol. The van der Waals surface area contributed by atoms with Gasteiger partial charge in [-0.25, -0.2) is 0 Å². The molecule has 376 valence electrons. The molecule has 0 N–H and O–H groups in total. The molecule has 8 nitrogen and oxygen atoms in total. The smallest absolute Gasteiger partial charge is 0.0755 e. The number of thiophene rings is 4. The second-order valence-electron chi connectivity index (χ2n) is 17.6. The lowest BCUT2D eigenvalue weighted by atomic mass is 10.1. The summed E-state index contributed by atoms with van der Waals surface area (Å²) in [6.07, 6.45) is 12.5. The standard InChI is InChI=1S/C56H68Cl2N2O6S4/c1-5-7-9-11-13-39-15-17-51(67-39)53-21-19-49(69-53)41-37-47-43(35-45(41)57)55-56(59(47)23-25-63-31-33-65-29-27-61-3)44-36-46(58)42(38-48(44)60(55)24-26-64-32-34-66-30-28-62-4)50-20-22-54(70-50)52-18-16-40(68-52)14-12-10-8-6-2/h15-22,35-38H,5-14,23-34H2,1-4H3. The van der Waals surface area contributed by atoms with E-state index in [0.717, 1.165) is 76.6 Å². The fraction of sp³-hybridized carbons (Fsp3) is 0.464. The first-order valence-electron chi connectivity index (χ1n) is 25.1. The van der Waals surface area contributed by atoms with Gasteiger partial charge in [0.1, 0.15) is 0 Å². The van der Waals surface area contributed by atoms with Crippen molar-refractivity contribution in [3.05, 3.63) is 92.6 Å². The predicted molar refractivity (Wildman–Crippen MR) is 301 cm³/mol. The number of methoxy groups -OCH3 is 2. The lowest BCUT2D eigenvalue weighted by Gasteiger charge is -2.12. The number of benzene rings is 2. The van der Waals surface area contributed by atoms with Crippen molar-refractivity contribution in [1.82, 2.24) is 9.13 Å². The van der Waals surface area contributed by atoms with Gasteiger partial charge < -0.3 is 37.6 Å². The van der Waals surface area contributed by atoms with E-state index < -0.39 is 0 Å². The summed E-state index contributed by atoms with van der Waals surface area (Å²) in [5.41, 5.74) is 6.43. The highest BCUT2D eigenvalue weighted by Gasteiger charge is 2.25. The van der Waals surface area contributed by atoms with Crippen molar-refractivity contribution in [1.29, 1.82) is 0 Å². The average Bonchev–Trinajstić information content (AvgIpc) is 4.24. The fourth-order valence-corrected chi connectivity index (χ4v) is 14.0. The first kappa shape index (κ1) is 53.2. The maximum atomic E-state index is 7.44. The van der Waals surface area contributed by atoms with Gasteiger partial charge in [0.25, 0.3) is 0 Å². The first-order chi connectivity index (χ1) is 34.4. The number of aromatic nitrogens is 2. The van der Waals surface area contributed by atoms with Crippen LogP contribution in [0.2, 0.25) is 10.0 Å². The van der Waals surface area contributed by atoms with Crippen LogP contribution in [0.1, 0.15) is 75.0 Å². The van der Waals surface area contributed by atoms with Gasteiger partial charge >= 0.3 is 0 Å². The number of unbranched alkanes of at least 4 members (excludes halogenated alkanes) is 6. The van der Waals surface area contributed by atoms with Crippen molar-refractivity contribution >= 4 is 101 Å². The number of halogens is 2. The molecule has 0 atom stereocenters. The van der Waals surface area contributed by atoms with Crippen molar-refractivity contribution < 1.29 is 28.4 Å². The highest BCUT2D eigenvalue weighted by molar-refractivity contribution is 7.24. The van der Waals surface area contributed by atoms with Gasteiger partial charge in [0.2, 0.25) is 0 Å². The second-order valence-corrected chi connectivity index (χ2v) is 22.9. The van der Waals surface area contributed by atoms with Crippen LogP contribution in [-0.4, -0.2) is 89.4 Å². The van der Waals surface area contributed by atoms with Crippen molar-refractivity contribution in [3.63, 3.8) is 0 Å². The Bertz CT molecular complexity index is 2680. The van der Waals surface area contributed by atoms with Crippen LogP contribution in [-0.2, 0) is 54.4 Å². The summed E-state index contributed by atoms with van der Waals surface area (Å²) in [6.45, 7) is 10.9. The second kappa shape index (κ2) is 27.3. The molecule has 0 aliphatic heterocycles. The number of nitrogens with zero attached hydrogens (tertiary/aromatic N) is 2. The molecule has 0 saturated carbocycles. The van der Waals surface area contributed by atoms with Crippen molar-refractivity contribution in [3.8, 4) is 40.4 Å². The lowest BCUT2D eigenvalue weighted by Crippen LogP contribution is -2.11. The summed E-state index contributed by atoms with van der Waals surface area (Å²) in [4.78, 5) is 10.3. The molecule has 6 aromatic heterocycles. The lowest BCUT2D eigenvalue weighted by molar-refractivity contribution is 0.0233. The third-order valence-electron chi connectivity index (χ3n) is 12.7. The van der Waals surface area contributed by atoms with Gasteiger partial charge in [0.15, 0.2) is 0 Å². The Morgan fingerprint density at radius 2 is 0.786 bits per heavy atom. The Morgan fingerprint density at radius 1 is 0.414 bits per heavy atom. The molecule has 0 bridgehead atoms. The van der Waals surface area contributed by atoms with Crippen LogP contribution in [0.15, 0.2) is 72.8 Å². The minimum absolute atomic E-state index is 0.488. The van der Waals surface area contributed by atoms with E-state index in [-0.39, 0.29) is 0 Å². The van der Waals surface area contributed by atoms with E-state index >= 15 is 0 Å². The number of ether oxygens (including phenoxy) is 6. The van der Waals surface area contributed by atoms with E-state index in [1.165, 1.54) is 80.6 Å². The van der Waals surface area contributed by atoms with E-state index in [0.29, 0.717) is 79.2 Å². The van der Waals surface area contributed by atoms with Gasteiger partial charge in [0.05, 0.1) is 98.2 Å². The number of hydrogen-bond donors (Lipinski definition) is 0. The number of fused-ring (bicyclic) bond motifs is 5. The largest absolute Gasteiger partial charge is 0.382 e. The third kappa shape index (κ3) is 13.4. The zero-order valence-electron chi connectivity index (χ0n) is 41.2. The zero-order chi connectivity index (χ0) is 48.7. The van der Waals surface area contributed by atoms with Gasteiger partial charge in [0, 0.05) is 88.2 Å². The van der Waals surface area contributed by atoms with Crippen molar-refractivity contribution in [2.75, 3.05) is 80.3 Å². The molecule has 8 aromatic rings. The van der Waals surface area contributed by atoms with E-state index in [1.807, 2.05) is 22.7 Å². The Morgan fingerprint density at radius 3 is 1.20 bits per heavy atom. The molecule has 0 amide bonds. The monoisotopic (exact) mass is 1060 g/mol. The topological polar surface area (TPSA) is 65.2 Å². The minimum atomic E-state index is 0.488. The molecule has 2 aromatic carbocycles. The van der Waals surface area contributed by atoms with E-state index in [2.05, 4.69) is 95.8 Å². The molecule has 6 heterocycles. The summed E-state index contributed by atoms with van der Waals surface area (Å²) < 4.78 is 39.1.